The lowest BCUT2D eigenvalue weighted by Gasteiger charge is -2.08. The molecule has 1 unspecified atom stereocenters. The molecule has 2 N–H and O–H groups in total. The van der Waals surface area contributed by atoms with Gasteiger partial charge < -0.3 is 9.72 Å². The van der Waals surface area contributed by atoms with Crippen molar-refractivity contribution in [3.63, 3.8) is 0 Å². The van der Waals surface area contributed by atoms with Crippen molar-refractivity contribution in [1.82, 2.24) is 14.7 Å². The molecule has 0 spiro atoms. The largest absolute Gasteiger partial charge is 0.454 e. The first kappa shape index (κ1) is 25.1. The third-order valence-corrected chi connectivity index (χ3v) is 7.24. The number of carbonyl (C=O) groups excluding carboxylic acids is 1. The Morgan fingerprint density at radius 3 is 2.61 bits per heavy atom. The first-order chi connectivity index (χ1) is 15.6. The second-order valence-electron chi connectivity index (χ2n) is 8.24. The van der Waals surface area contributed by atoms with Crippen LogP contribution in [0.2, 0.25) is 0 Å². The smallest absolute Gasteiger partial charge is 0.338 e. The van der Waals surface area contributed by atoms with Crippen molar-refractivity contribution in [3.05, 3.63) is 62.0 Å². The summed E-state index contributed by atoms with van der Waals surface area (Å²) in [7, 11) is -3.23. The van der Waals surface area contributed by atoms with Crippen LogP contribution in [0, 0.1) is 12.8 Å². The Morgan fingerprint density at radius 2 is 1.97 bits per heavy atom. The van der Waals surface area contributed by atoms with Crippen molar-refractivity contribution < 1.29 is 17.9 Å². The maximum absolute atomic E-state index is 12.7. The van der Waals surface area contributed by atoms with Crippen molar-refractivity contribution in [3.8, 4) is 0 Å². The topological polar surface area (TPSA) is 118 Å². The second-order valence-corrected chi connectivity index (χ2v) is 11.3. The van der Waals surface area contributed by atoms with Gasteiger partial charge in [-0.3, -0.25) is 4.79 Å². The van der Waals surface area contributed by atoms with Crippen LogP contribution >= 0.6 is 11.3 Å². The normalized spacial score (nSPS) is 12.7. The first-order valence-corrected chi connectivity index (χ1v) is 13.5. The lowest BCUT2D eigenvalue weighted by Crippen LogP contribution is -2.24. The molecule has 0 aliphatic carbocycles. The number of carbonyl (C=O) groups is 1. The predicted molar refractivity (Wildman–Crippen MR) is 130 cm³/mol. The fourth-order valence-electron chi connectivity index (χ4n) is 3.43. The number of esters is 1. The number of hydrogen-bond donors (Lipinski definition) is 2. The molecule has 33 heavy (non-hydrogen) atoms. The molecule has 0 aliphatic heterocycles. The summed E-state index contributed by atoms with van der Waals surface area (Å²) >= 11 is 1.49. The minimum atomic E-state index is -3.23. The minimum absolute atomic E-state index is 0.137. The highest BCUT2D eigenvalue weighted by Gasteiger charge is 2.17. The number of nitrogens with zero attached hydrogens (tertiary/aromatic N) is 1. The summed E-state index contributed by atoms with van der Waals surface area (Å²) in [5.74, 6) is 0.253. The monoisotopic (exact) mass is 491 g/mol. The number of thiophene rings is 1. The molecule has 2 aromatic heterocycles. The van der Waals surface area contributed by atoms with E-state index in [-0.39, 0.29) is 18.7 Å². The van der Waals surface area contributed by atoms with E-state index in [2.05, 4.69) is 28.5 Å². The lowest BCUT2D eigenvalue weighted by molar-refractivity contribution is 0.0462. The van der Waals surface area contributed by atoms with E-state index in [9.17, 15) is 18.0 Å². The van der Waals surface area contributed by atoms with E-state index in [1.165, 1.54) is 11.3 Å². The number of fused-ring (bicyclic) bond motifs is 1. The van der Waals surface area contributed by atoms with Crippen LogP contribution in [-0.2, 0) is 34.2 Å². The van der Waals surface area contributed by atoms with Crippen LogP contribution < -0.4 is 10.3 Å². The standard InChI is InChI=1S/C23H29N3O5S2/c1-5-14(2)12-18-15(3)32-22-20(18)21(27)25-19(26-22)13-31-23(28)17-8-6-16(7-9-17)10-11-24-33(4,29)30/h6-9,14,24H,5,10-13H2,1-4H3,(H,25,26,27). The highest BCUT2D eigenvalue weighted by Crippen LogP contribution is 2.29. The van der Waals surface area contributed by atoms with E-state index in [1.54, 1.807) is 24.3 Å². The summed E-state index contributed by atoms with van der Waals surface area (Å²) in [6, 6.07) is 6.75. The van der Waals surface area contributed by atoms with Crippen LogP contribution in [0.25, 0.3) is 10.2 Å². The Labute approximate surface area is 197 Å². The fraction of sp³-hybridized carbons (Fsp3) is 0.435. The van der Waals surface area contributed by atoms with Crippen LogP contribution in [0.5, 0.6) is 0 Å². The maximum Gasteiger partial charge on any atom is 0.338 e. The lowest BCUT2D eigenvalue weighted by atomic mass is 9.98. The van der Waals surface area contributed by atoms with Crippen molar-refractivity contribution in [2.45, 2.75) is 46.6 Å². The molecular formula is C23H29N3O5S2. The Morgan fingerprint density at radius 1 is 1.27 bits per heavy atom. The van der Waals surface area contributed by atoms with Crippen LogP contribution in [0.4, 0.5) is 0 Å². The van der Waals surface area contributed by atoms with E-state index >= 15 is 0 Å². The Balaban J connectivity index is 1.65. The number of ether oxygens (including phenoxy) is 1. The number of sulfonamides is 1. The molecule has 178 valence electrons. The number of aromatic nitrogens is 2. The van der Waals surface area contributed by atoms with Gasteiger partial charge in [0.05, 0.1) is 17.2 Å². The first-order valence-electron chi connectivity index (χ1n) is 10.8. The SMILES string of the molecule is CCC(C)Cc1c(C)sc2nc(COC(=O)c3ccc(CCNS(C)(=O)=O)cc3)[nH]c(=O)c12. The Hall–Kier alpha value is -2.56. The van der Waals surface area contributed by atoms with Gasteiger partial charge in [-0.15, -0.1) is 11.3 Å². The molecule has 0 amide bonds. The molecule has 1 atom stereocenters. The van der Waals surface area contributed by atoms with Gasteiger partial charge in [0.1, 0.15) is 17.3 Å². The summed E-state index contributed by atoms with van der Waals surface area (Å²) in [5, 5.41) is 0.633. The number of rotatable bonds is 10. The van der Waals surface area contributed by atoms with Gasteiger partial charge in [0, 0.05) is 11.4 Å². The summed E-state index contributed by atoms with van der Waals surface area (Å²) < 4.78 is 30.0. The summed E-state index contributed by atoms with van der Waals surface area (Å²) in [6.45, 7) is 6.45. The van der Waals surface area contributed by atoms with E-state index in [0.717, 1.165) is 35.1 Å². The number of nitrogens with one attached hydrogen (secondary N) is 2. The molecule has 0 aliphatic rings. The van der Waals surface area contributed by atoms with Gasteiger partial charge in [-0.2, -0.15) is 0 Å². The van der Waals surface area contributed by atoms with Gasteiger partial charge >= 0.3 is 5.97 Å². The fourth-order valence-corrected chi connectivity index (χ4v) is 4.98. The predicted octanol–water partition coefficient (Wildman–Crippen LogP) is 3.33. The van der Waals surface area contributed by atoms with Crippen molar-refractivity contribution >= 4 is 37.5 Å². The third-order valence-electron chi connectivity index (χ3n) is 5.47. The second kappa shape index (κ2) is 10.6. The molecule has 8 nitrogen and oxygen atoms in total. The number of aromatic amines is 1. The van der Waals surface area contributed by atoms with Crippen LogP contribution in [0.15, 0.2) is 29.1 Å². The van der Waals surface area contributed by atoms with Gasteiger partial charge in [0.2, 0.25) is 10.0 Å². The van der Waals surface area contributed by atoms with Gasteiger partial charge in [-0.25, -0.2) is 22.9 Å². The molecule has 1 aromatic carbocycles. The average molecular weight is 492 g/mol. The van der Waals surface area contributed by atoms with Crippen molar-refractivity contribution in [1.29, 1.82) is 0 Å². The number of H-pyrrole nitrogens is 1. The van der Waals surface area contributed by atoms with Gasteiger partial charge in [0.15, 0.2) is 0 Å². The van der Waals surface area contributed by atoms with E-state index < -0.39 is 16.0 Å². The summed E-state index contributed by atoms with van der Waals surface area (Å²) in [5.41, 5.74) is 2.09. The maximum atomic E-state index is 12.7. The highest BCUT2D eigenvalue weighted by molar-refractivity contribution is 7.88. The summed E-state index contributed by atoms with van der Waals surface area (Å²) in [4.78, 5) is 34.2. The zero-order valence-corrected chi connectivity index (χ0v) is 20.9. The van der Waals surface area contributed by atoms with Crippen molar-refractivity contribution in [2.24, 2.45) is 5.92 Å². The van der Waals surface area contributed by atoms with Crippen LogP contribution in [-0.4, -0.2) is 37.2 Å². The zero-order valence-electron chi connectivity index (χ0n) is 19.2. The van der Waals surface area contributed by atoms with E-state index in [1.807, 2.05) is 6.92 Å². The minimum Gasteiger partial charge on any atom is -0.454 e. The molecule has 10 heteroatoms. The van der Waals surface area contributed by atoms with Crippen molar-refractivity contribution in [2.75, 3.05) is 12.8 Å². The molecule has 3 aromatic rings. The number of benzene rings is 1. The van der Waals surface area contributed by atoms with Gasteiger partial charge in [0.25, 0.3) is 5.56 Å². The van der Waals surface area contributed by atoms with Crippen LogP contribution in [0.1, 0.15) is 52.5 Å². The number of aryl methyl sites for hydroxylation is 1. The Bertz CT molecular complexity index is 1290. The molecule has 2 heterocycles. The quantitative estimate of drug-likeness (QED) is 0.420. The third kappa shape index (κ3) is 6.72. The molecular weight excluding hydrogens is 462 g/mol. The van der Waals surface area contributed by atoms with E-state index in [4.69, 9.17) is 4.74 Å². The molecule has 0 fully saturated rings. The highest BCUT2D eigenvalue weighted by atomic mass is 32.2. The van der Waals surface area contributed by atoms with E-state index in [0.29, 0.717) is 33.9 Å². The van der Waals surface area contributed by atoms with Gasteiger partial charge in [-0.05, 0) is 48.9 Å². The molecule has 0 saturated carbocycles. The molecule has 0 radical (unpaired) electrons. The molecule has 0 bridgehead atoms. The molecule has 0 saturated heterocycles. The van der Waals surface area contributed by atoms with Crippen LogP contribution in [0.3, 0.4) is 0 Å². The molecule has 3 rings (SSSR count). The average Bonchev–Trinajstić information content (AvgIpc) is 3.06. The zero-order chi connectivity index (χ0) is 24.2. The summed E-state index contributed by atoms with van der Waals surface area (Å²) in [6.07, 6.45) is 3.49. The van der Waals surface area contributed by atoms with Gasteiger partial charge in [-0.1, -0.05) is 32.4 Å². The Kier molecular flexibility index (Phi) is 8.04. The number of hydrogen-bond acceptors (Lipinski definition) is 7.